The van der Waals surface area contributed by atoms with Crippen LogP contribution in [-0.4, -0.2) is 37.9 Å². The minimum atomic E-state index is -3.11. The summed E-state index contributed by atoms with van der Waals surface area (Å²) < 4.78 is 24.8. The van der Waals surface area contributed by atoms with Crippen LogP contribution in [0.1, 0.15) is 58.3 Å². The first-order chi connectivity index (χ1) is 9.90. The third kappa shape index (κ3) is 4.78. The fourth-order valence-electron chi connectivity index (χ4n) is 3.90. The lowest BCUT2D eigenvalue weighted by atomic mass is 9.76. The number of nitrogens with zero attached hydrogens (tertiary/aromatic N) is 1. The smallest absolute Gasteiger partial charge is 0.211 e. The largest absolute Gasteiger partial charge is 0.299 e. The summed E-state index contributed by atoms with van der Waals surface area (Å²) in [6.45, 7) is 3.36. The van der Waals surface area contributed by atoms with Crippen LogP contribution in [0.5, 0.6) is 0 Å². The summed E-state index contributed by atoms with van der Waals surface area (Å²) >= 11 is 0. The van der Waals surface area contributed by atoms with Crippen LogP contribution in [0.4, 0.5) is 0 Å². The minimum Gasteiger partial charge on any atom is -0.299 e. The van der Waals surface area contributed by atoms with Crippen LogP contribution in [0, 0.1) is 17.8 Å². The lowest BCUT2D eigenvalue weighted by Gasteiger charge is -2.32. The Hall–Kier alpha value is -0.420. The molecule has 2 aliphatic rings. The van der Waals surface area contributed by atoms with E-state index in [1.54, 1.807) is 4.31 Å². The van der Waals surface area contributed by atoms with Crippen LogP contribution >= 0.6 is 0 Å². The molecule has 0 aromatic rings. The first kappa shape index (κ1) is 16.9. The summed E-state index contributed by atoms with van der Waals surface area (Å²) in [7, 11) is -3.11. The van der Waals surface area contributed by atoms with Crippen molar-refractivity contribution >= 4 is 15.8 Å². The zero-order chi connectivity index (χ0) is 15.5. The number of carbonyl (C=O) groups excluding carboxylic acids is 1. The molecule has 1 saturated heterocycles. The molecular formula is C16H29NO3S. The molecule has 0 radical (unpaired) electrons. The Labute approximate surface area is 129 Å². The van der Waals surface area contributed by atoms with Crippen LogP contribution in [0.3, 0.4) is 0 Å². The molecule has 0 bridgehead atoms. The zero-order valence-electron chi connectivity index (χ0n) is 13.4. The molecule has 0 spiro atoms. The van der Waals surface area contributed by atoms with Gasteiger partial charge in [0.2, 0.25) is 10.0 Å². The van der Waals surface area contributed by atoms with Gasteiger partial charge in [0, 0.05) is 25.4 Å². The van der Waals surface area contributed by atoms with E-state index in [4.69, 9.17) is 0 Å². The van der Waals surface area contributed by atoms with Gasteiger partial charge < -0.3 is 0 Å². The number of sulfonamides is 1. The van der Waals surface area contributed by atoms with Gasteiger partial charge in [0.1, 0.15) is 5.78 Å². The van der Waals surface area contributed by atoms with E-state index in [0.29, 0.717) is 31.2 Å². The Morgan fingerprint density at radius 2 is 1.86 bits per heavy atom. The lowest BCUT2D eigenvalue weighted by molar-refractivity contribution is -0.125. The van der Waals surface area contributed by atoms with Crippen molar-refractivity contribution in [1.82, 2.24) is 4.31 Å². The average Bonchev–Trinajstić information content (AvgIpc) is 2.46. The Bertz CT molecular complexity index is 460. The van der Waals surface area contributed by atoms with Crippen molar-refractivity contribution < 1.29 is 13.2 Å². The highest BCUT2D eigenvalue weighted by Crippen LogP contribution is 2.33. The van der Waals surface area contributed by atoms with Crippen LogP contribution in [0.2, 0.25) is 0 Å². The van der Waals surface area contributed by atoms with Gasteiger partial charge in [-0.2, -0.15) is 0 Å². The second kappa shape index (κ2) is 7.23. The van der Waals surface area contributed by atoms with Gasteiger partial charge in [0.15, 0.2) is 0 Å². The number of carbonyl (C=O) groups is 1. The van der Waals surface area contributed by atoms with Crippen molar-refractivity contribution in [2.75, 3.05) is 19.3 Å². The van der Waals surface area contributed by atoms with Gasteiger partial charge >= 0.3 is 0 Å². The summed E-state index contributed by atoms with van der Waals surface area (Å²) in [6.07, 6.45) is 9.43. The third-order valence-corrected chi connectivity index (χ3v) is 6.53. The summed E-state index contributed by atoms with van der Waals surface area (Å²) in [4.78, 5) is 12.5. The molecule has 0 aromatic heterocycles. The molecule has 2 rings (SSSR count). The Morgan fingerprint density at radius 3 is 2.52 bits per heavy atom. The van der Waals surface area contributed by atoms with Crippen molar-refractivity contribution in [2.24, 2.45) is 17.8 Å². The van der Waals surface area contributed by atoms with Crippen molar-refractivity contribution in [3.05, 3.63) is 0 Å². The highest BCUT2D eigenvalue weighted by molar-refractivity contribution is 7.88. The van der Waals surface area contributed by atoms with Gasteiger partial charge in [-0.3, -0.25) is 4.79 Å². The highest BCUT2D eigenvalue weighted by Gasteiger charge is 2.31. The van der Waals surface area contributed by atoms with E-state index in [2.05, 4.69) is 6.92 Å². The van der Waals surface area contributed by atoms with Gasteiger partial charge in [-0.25, -0.2) is 12.7 Å². The summed E-state index contributed by atoms with van der Waals surface area (Å²) in [6, 6.07) is 0. The molecule has 0 amide bonds. The van der Waals surface area contributed by atoms with E-state index in [0.717, 1.165) is 25.7 Å². The maximum atomic E-state index is 12.5. The maximum Gasteiger partial charge on any atom is 0.211 e. The lowest BCUT2D eigenvalue weighted by Crippen LogP contribution is -2.40. The van der Waals surface area contributed by atoms with Crippen molar-refractivity contribution in [1.29, 1.82) is 0 Å². The summed E-state index contributed by atoms with van der Waals surface area (Å²) in [5.74, 6) is 1.56. The van der Waals surface area contributed by atoms with E-state index >= 15 is 0 Å². The average molecular weight is 315 g/mol. The first-order valence-corrected chi connectivity index (χ1v) is 10.2. The molecule has 0 N–H and O–H groups in total. The quantitative estimate of drug-likeness (QED) is 0.784. The number of rotatable bonds is 5. The molecule has 122 valence electrons. The second-order valence-corrected chi connectivity index (χ2v) is 8.92. The normalized spacial score (nSPS) is 32.0. The first-order valence-electron chi connectivity index (χ1n) is 8.38. The van der Waals surface area contributed by atoms with E-state index in [1.165, 1.54) is 25.5 Å². The molecule has 0 aromatic carbocycles. The van der Waals surface area contributed by atoms with Gasteiger partial charge in [-0.05, 0) is 37.5 Å². The predicted octanol–water partition coefficient (Wildman–Crippen LogP) is 2.83. The van der Waals surface area contributed by atoms with Crippen molar-refractivity contribution in [2.45, 2.75) is 58.3 Å². The van der Waals surface area contributed by atoms with Gasteiger partial charge in [-0.15, -0.1) is 0 Å². The maximum absolute atomic E-state index is 12.5. The molecular weight excluding hydrogens is 286 g/mol. The van der Waals surface area contributed by atoms with E-state index in [9.17, 15) is 13.2 Å². The Morgan fingerprint density at radius 1 is 1.14 bits per heavy atom. The zero-order valence-corrected chi connectivity index (χ0v) is 14.2. The van der Waals surface area contributed by atoms with Crippen molar-refractivity contribution in [3.8, 4) is 0 Å². The predicted molar refractivity (Wildman–Crippen MR) is 84.5 cm³/mol. The van der Waals surface area contributed by atoms with E-state index < -0.39 is 10.0 Å². The number of hydrogen-bond acceptors (Lipinski definition) is 3. The molecule has 5 heteroatoms. The molecule has 4 nitrogen and oxygen atoms in total. The molecule has 1 heterocycles. The molecule has 1 aliphatic carbocycles. The molecule has 1 saturated carbocycles. The topological polar surface area (TPSA) is 54.5 Å². The number of Topliss-reactive ketones (excluding diaryl/α,β-unsaturated/α-hetero) is 1. The van der Waals surface area contributed by atoms with Crippen LogP contribution in [-0.2, 0) is 14.8 Å². The second-order valence-electron chi connectivity index (χ2n) is 6.94. The van der Waals surface area contributed by atoms with Crippen molar-refractivity contribution in [3.63, 3.8) is 0 Å². The van der Waals surface area contributed by atoms with E-state index in [-0.39, 0.29) is 11.8 Å². The molecule has 21 heavy (non-hydrogen) atoms. The highest BCUT2D eigenvalue weighted by atomic mass is 32.2. The van der Waals surface area contributed by atoms with Crippen LogP contribution < -0.4 is 0 Å². The molecule has 3 unspecified atom stereocenters. The van der Waals surface area contributed by atoms with Gasteiger partial charge in [-0.1, -0.05) is 26.2 Å². The summed E-state index contributed by atoms with van der Waals surface area (Å²) in [5, 5.41) is 0. The minimum absolute atomic E-state index is 0.225. The molecule has 1 aliphatic heterocycles. The van der Waals surface area contributed by atoms with Crippen LogP contribution in [0.15, 0.2) is 0 Å². The fraction of sp³-hybridized carbons (Fsp3) is 0.938. The SMILES string of the molecule is CCC1CCCC(C(=O)CC2CCCN(S(C)(=O)=O)C2)C1. The number of ketones is 1. The third-order valence-electron chi connectivity index (χ3n) is 5.26. The molecule has 3 atom stereocenters. The number of hydrogen-bond donors (Lipinski definition) is 0. The summed E-state index contributed by atoms with van der Waals surface area (Å²) in [5.41, 5.74) is 0. The fourth-order valence-corrected chi connectivity index (χ4v) is 4.84. The number of piperidine rings is 1. The Balaban J connectivity index is 1.87. The van der Waals surface area contributed by atoms with Gasteiger partial charge in [0.05, 0.1) is 6.26 Å². The van der Waals surface area contributed by atoms with Gasteiger partial charge in [0.25, 0.3) is 0 Å². The van der Waals surface area contributed by atoms with Crippen LogP contribution in [0.25, 0.3) is 0 Å². The van der Waals surface area contributed by atoms with E-state index in [1.807, 2.05) is 0 Å². The Kier molecular flexibility index (Phi) is 5.83. The standard InChI is InChI=1S/C16H29NO3S/c1-3-13-6-4-8-15(10-13)16(18)11-14-7-5-9-17(12-14)21(2,19)20/h13-15H,3-12H2,1-2H3. The monoisotopic (exact) mass is 315 g/mol. The molecule has 2 fully saturated rings.